The van der Waals surface area contributed by atoms with Crippen LogP contribution in [0, 0.1) is 0 Å². The van der Waals surface area contributed by atoms with Crippen molar-refractivity contribution in [2.24, 2.45) is 0 Å². The number of benzene rings is 1. The molecule has 1 aliphatic heterocycles. The third-order valence-corrected chi connectivity index (χ3v) is 5.07. The van der Waals surface area contributed by atoms with Gasteiger partial charge in [-0.2, -0.15) is 0 Å². The van der Waals surface area contributed by atoms with Crippen LogP contribution in [0.3, 0.4) is 0 Å². The number of fused-ring (bicyclic) bond motifs is 1. The Morgan fingerprint density at radius 1 is 0.815 bits per heavy atom. The lowest BCUT2D eigenvalue weighted by Crippen LogP contribution is -2.47. The summed E-state index contributed by atoms with van der Waals surface area (Å²) in [6.07, 6.45) is 7.84. The molecule has 1 aliphatic rings. The maximum atomic E-state index is 4.49. The van der Waals surface area contributed by atoms with Crippen LogP contribution in [0.25, 0.3) is 10.8 Å². The first-order valence-electron chi connectivity index (χ1n) is 9.72. The van der Waals surface area contributed by atoms with Crippen LogP contribution in [0.15, 0.2) is 55.0 Å². The molecule has 0 amide bonds. The minimum Gasteiger partial charge on any atom is -0.370 e. The van der Waals surface area contributed by atoms with E-state index in [1.165, 1.54) is 17.2 Å². The highest BCUT2D eigenvalue weighted by molar-refractivity contribution is 5.91. The average Bonchev–Trinajstić information content (AvgIpc) is 2.75. The molecule has 2 aromatic heterocycles. The molecular weight excluding hydrogens is 336 g/mol. The highest BCUT2D eigenvalue weighted by Gasteiger charge is 2.18. The lowest BCUT2D eigenvalue weighted by atomic mass is 10.1. The summed E-state index contributed by atoms with van der Waals surface area (Å²) in [5, 5.41) is 5.93. The van der Waals surface area contributed by atoms with Crippen molar-refractivity contribution in [2.75, 3.05) is 49.5 Å². The third kappa shape index (κ3) is 4.52. The molecule has 1 saturated heterocycles. The maximum Gasteiger partial charge on any atom is 0.225 e. The van der Waals surface area contributed by atoms with Gasteiger partial charge in [-0.25, -0.2) is 15.0 Å². The van der Waals surface area contributed by atoms with Crippen LogP contribution in [-0.2, 0) is 0 Å². The number of anilines is 2. The molecule has 0 aliphatic carbocycles. The molecule has 3 aromatic rings. The van der Waals surface area contributed by atoms with E-state index in [0.29, 0.717) is 0 Å². The van der Waals surface area contributed by atoms with E-state index in [2.05, 4.69) is 60.4 Å². The Kier molecular flexibility index (Phi) is 5.74. The number of aromatic nitrogens is 3. The average molecular weight is 362 g/mol. The number of hydrogen-bond acceptors (Lipinski definition) is 6. The van der Waals surface area contributed by atoms with Crippen LogP contribution in [-0.4, -0.2) is 59.1 Å². The van der Waals surface area contributed by atoms with E-state index < -0.39 is 0 Å². The van der Waals surface area contributed by atoms with Crippen molar-refractivity contribution >= 4 is 22.5 Å². The predicted molar refractivity (Wildman–Crippen MR) is 110 cm³/mol. The van der Waals surface area contributed by atoms with Gasteiger partial charge < -0.3 is 10.2 Å². The van der Waals surface area contributed by atoms with Crippen molar-refractivity contribution in [1.29, 1.82) is 0 Å². The van der Waals surface area contributed by atoms with Crippen molar-refractivity contribution in [3.63, 3.8) is 0 Å². The molecule has 1 aromatic carbocycles. The predicted octanol–water partition coefficient (Wildman–Crippen LogP) is 3.04. The molecule has 6 heteroatoms. The molecule has 0 spiro atoms. The second kappa shape index (κ2) is 8.77. The smallest absolute Gasteiger partial charge is 0.225 e. The van der Waals surface area contributed by atoms with Crippen molar-refractivity contribution in [3.05, 3.63) is 55.0 Å². The highest BCUT2D eigenvalue weighted by atomic mass is 15.3. The van der Waals surface area contributed by atoms with E-state index >= 15 is 0 Å². The molecular formula is C21H26N6. The summed E-state index contributed by atoms with van der Waals surface area (Å²) >= 11 is 0. The van der Waals surface area contributed by atoms with E-state index in [4.69, 9.17) is 0 Å². The van der Waals surface area contributed by atoms with E-state index in [9.17, 15) is 0 Å². The molecule has 0 bridgehead atoms. The summed E-state index contributed by atoms with van der Waals surface area (Å²) < 4.78 is 0. The summed E-state index contributed by atoms with van der Waals surface area (Å²) in [6.45, 7) is 6.27. The van der Waals surface area contributed by atoms with Crippen molar-refractivity contribution in [3.8, 4) is 0 Å². The summed E-state index contributed by atoms with van der Waals surface area (Å²) in [4.78, 5) is 18.0. The van der Waals surface area contributed by atoms with Gasteiger partial charge in [-0.05, 0) is 36.9 Å². The first-order chi connectivity index (χ1) is 13.4. The summed E-state index contributed by atoms with van der Waals surface area (Å²) in [5.74, 6) is 1.84. The van der Waals surface area contributed by atoms with Crippen LogP contribution in [0.2, 0.25) is 0 Å². The second-order valence-electron chi connectivity index (χ2n) is 6.89. The maximum absolute atomic E-state index is 4.49. The topological polar surface area (TPSA) is 57.2 Å². The summed E-state index contributed by atoms with van der Waals surface area (Å²) in [6, 6.07) is 12.3. The Hall–Kier alpha value is -2.73. The largest absolute Gasteiger partial charge is 0.370 e. The Balaban J connectivity index is 1.17. The van der Waals surface area contributed by atoms with Crippen molar-refractivity contribution in [2.45, 2.75) is 12.8 Å². The second-order valence-corrected chi connectivity index (χ2v) is 6.89. The van der Waals surface area contributed by atoms with Crippen LogP contribution >= 0.6 is 0 Å². The van der Waals surface area contributed by atoms with Gasteiger partial charge in [0.05, 0.1) is 0 Å². The fourth-order valence-corrected chi connectivity index (χ4v) is 3.55. The Bertz CT molecular complexity index is 840. The van der Waals surface area contributed by atoms with Gasteiger partial charge in [0, 0.05) is 56.7 Å². The number of rotatable bonds is 7. The van der Waals surface area contributed by atoms with Crippen LogP contribution in [0.4, 0.5) is 11.8 Å². The minimum atomic E-state index is 0.851. The zero-order valence-electron chi connectivity index (χ0n) is 15.6. The molecule has 0 atom stereocenters. The zero-order chi connectivity index (χ0) is 18.3. The first kappa shape index (κ1) is 17.7. The molecule has 3 heterocycles. The standard InChI is InChI=1S/C21H26N6/c1-2-7-19-18(6-1)8-12-23-20(19)22-9-3-4-13-26-14-16-27(17-15-26)21-24-10-5-11-25-21/h1-2,5-8,10-12H,3-4,9,13-17H2,(H,22,23). The fourth-order valence-electron chi connectivity index (χ4n) is 3.55. The molecule has 140 valence electrons. The number of unbranched alkanes of at least 4 members (excludes halogenated alkanes) is 1. The van der Waals surface area contributed by atoms with Gasteiger partial charge in [-0.1, -0.05) is 24.3 Å². The lowest BCUT2D eigenvalue weighted by Gasteiger charge is -2.34. The van der Waals surface area contributed by atoms with E-state index in [1.54, 1.807) is 0 Å². The fraction of sp³-hybridized carbons (Fsp3) is 0.381. The molecule has 27 heavy (non-hydrogen) atoms. The quantitative estimate of drug-likeness (QED) is 0.652. The van der Waals surface area contributed by atoms with Crippen LogP contribution < -0.4 is 10.2 Å². The Labute approximate surface area is 160 Å². The molecule has 4 rings (SSSR count). The van der Waals surface area contributed by atoms with Crippen LogP contribution in [0.5, 0.6) is 0 Å². The van der Waals surface area contributed by atoms with Gasteiger partial charge in [0.15, 0.2) is 0 Å². The Morgan fingerprint density at radius 3 is 2.48 bits per heavy atom. The zero-order valence-corrected chi connectivity index (χ0v) is 15.6. The molecule has 1 N–H and O–H groups in total. The molecule has 0 saturated carbocycles. The number of hydrogen-bond donors (Lipinski definition) is 1. The lowest BCUT2D eigenvalue weighted by molar-refractivity contribution is 0.252. The number of piperazine rings is 1. The van der Waals surface area contributed by atoms with Gasteiger partial charge in [-0.15, -0.1) is 0 Å². The van der Waals surface area contributed by atoms with Gasteiger partial charge in [0.25, 0.3) is 0 Å². The third-order valence-electron chi connectivity index (χ3n) is 5.07. The summed E-state index contributed by atoms with van der Waals surface area (Å²) in [5.41, 5.74) is 0. The van der Waals surface area contributed by atoms with Gasteiger partial charge >= 0.3 is 0 Å². The van der Waals surface area contributed by atoms with Gasteiger partial charge in [0.2, 0.25) is 5.95 Å². The number of nitrogens with zero attached hydrogens (tertiary/aromatic N) is 5. The molecule has 0 unspecified atom stereocenters. The SMILES string of the molecule is c1cnc(N2CCN(CCCCNc3nccc4ccccc34)CC2)nc1. The Morgan fingerprint density at radius 2 is 1.63 bits per heavy atom. The van der Waals surface area contributed by atoms with Gasteiger partial charge in [-0.3, -0.25) is 4.90 Å². The normalized spacial score (nSPS) is 15.2. The summed E-state index contributed by atoms with van der Waals surface area (Å²) in [7, 11) is 0. The van der Waals surface area contributed by atoms with E-state index in [0.717, 1.165) is 57.5 Å². The van der Waals surface area contributed by atoms with E-state index in [1.807, 2.05) is 24.7 Å². The number of pyridine rings is 1. The first-order valence-corrected chi connectivity index (χ1v) is 9.72. The number of nitrogens with one attached hydrogen (secondary N) is 1. The van der Waals surface area contributed by atoms with Crippen molar-refractivity contribution < 1.29 is 0 Å². The molecule has 6 nitrogen and oxygen atoms in total. The van der Waals surface area contributed by atoms with Gasteiger partial charge in [0.1, 0.15) is 5.82 Å². The minimum absolute atomic E-state index is 0.851. The van der Waals surface area contributed by atoms with Crippen LogP contribution in [0.1, 0.15) is 12.8 Å². The monoisotopic (exact) mass is 362 g/mol. The van der Waals surface area contributed by atoms with E-state index in [-0.39, 0.29) is 0 Å². The molecule has 0 radical (unpaired) electrons. The molecule has 1 fully saturated rings. The highest BCUT2D eigenvalue weighted by Crippen LogP contribution is 2.20. The van der Waals surface area contributed by atoms with Crippen molar-refractivity contribution in [1.82, 2.24) is 19.9 Å².